The molecule has 1 aliphatic carbocycles. The van der Waals surface area contributed by atoms with Crippen molar-refractivity contribution < 1.29 is 9.18 Å². The Morgan fingerprint density at radius 1 is 1.30 bits per heavy atom. The number of nitrogens with zero attached hydrogens (tertiary/aromatic N) is 1. The lowest BCUT2D eigenvalue weighted by molar-refractivity contribution is 0.249. The fraction of sp³-hybridized carbons (Fsp3) is 0.533. The predicted molar refractivity (Wildman–Crippen MR) is 76.1 cm³/mol. The molecular weight excluding hydrogens is 257 g/mol. The quantitative estimate of drug-likeness (QED) is 0.888. The molecule has 1 aromatic carbocycles. The Balaban J connectivity index is 1.42. The van der Waals surface area contributed by atoms with Gasteiger partial charge >= 0.3 is 6.03 Å². The highest BCUT2D eigenvalue weighted by Gasteiger charge is 2.34. The van der Waals surface area contributed by atoms with Crippen LogP contribution in [0.4, 0.5) is 14.9 Å². The lowest BCUT2D eigenvalue weighted by Gasteiger charge is -2.15. The fourth-order valence-electron chi connectivity index (χ4n) is 2.77. The molecule has 1 aromatic rings. The number of anilines is 1. The van der Waals surface area contributed by atoms with E-state index >= 15 is 0 Å². The zero-order chi connectivity index (χ0) is 13.9. The second-order valence-electron chi connectivity index (χ2n) is 5.70. The van der Waals surface area contributed by atoms with Crippen molar-refractivity contribution >= 4 is 11.7 Å². The van der Waals surface area contributed by atoms with Gasteiger partial charge < -0.3 is 15.5 Å². The van der Waals surface area contributed by atoms with E-state index in [1.165, 1.54) is 18.9 Å². The van der Waals surface area contributed by atoms with E-state index in [-0.39, 0.29) is 11.7 Å². The second-order valence-corrected chi connectivity index (χ2v) is 5.70. The third kappa shape index (κ3) is 3.28. The first-order valence-electron chi connectivity index (χ1n) is 7.26. The molecule has 0 unspecified atom stereocenters. The van der Waals surface area contributed by atoms with Crippen molar-refractivity contribution in [1.82, 2.24) is 10.2 Å². The molecular formula is C15H20FN3O. The van der Waals surface area contributed by atoms with Crippen molar-refractivity contribution in [3.05, 3.63) is 30.1 Å². The van der Waals surface area contributed by atoms with Crippen molar-refractivity contribution in [3.8, 4) is 0 Å². The molecule has 4 nitrogen and oxygen atoms in total. The van der Waals surface area contributed by atoms with Crippen LogP contribution in [-0.2, 0) is 0 Å². The van der Waals surface area contributed by atoms with Gasteiger partial charge in [0.1, 0.15) is 5.82 Å². The van der Waals surface area contributed by atoms with Crippen LogP contribution in [0.3, 0.4) is 0 Å². The first kappa shape index (κ1) is 13.4. The van der Waals surface area contributed by atoms with E-state index < -0.39 is 5.82 Å². The van der Waals surface area contributed by atoms with Crippen molar-refractivity contribution in [2.75, 3.05) is 25.0 Å². The van der Waals surface area contributed by atoms with Gasteiger partial charge in [0.05, 0.1) is 5.69 Å². The number of halogens is 1. The molecule has 108 valence electrons. The van der Waals surface area contributed by atoms with E-state index in [1.807, 2.05) is 0 Å². The van der Waals surface area contributed by atoms with Crippen LogP contribution in [0.1, 0.15) is 19.3 Å². The molecule has 5 heteroatoms. The molecule has 1 heterocycles. The number of carbonyl (C=O) groups excluding carboxylic acids is 1. The van der Waals surface area contributed by atoms with Gasteiger partial charge in [-0.3, -0.25) is 0 Å². The number of benzene rings is 1. The summed E-state index contributed by atoms with van der Waals surface area (Å²) in [5.74, 6) is 0.102. The average Bonchev–Trinajstić information content (AvgIpc) is 3.18. The molecule has 0 spiro atoms. The summed E-state index contributed by atoms with van der Waals surface area (Å²) in [7, 11) is 0. The third-order valence-electron chi connectivity index (χ3n) is 4.05. The van der Waals surface area contributed by atoms with Crippen LogP contribution >= 0.6 is 0 Å². The Hall–Kier alpha value is -1.62. The number of urea groups is 1. The van der Waals surface area contributed by atoms with Crippen LogP contribution in [0.5, 0.6) is 0 Å². The molecule has 2 fully saturated rings. The maximum atomic E-state index is 13.4. The van der Waals surface area contributed by atoms with Crippen LogP contribution in [0, 0.1) is 11.7 Å². The number of rotatable bonds is 4. The van der Waals surface area contributed by atoms with Gasteiger partial charge in [0.25, 0.3) is 0 Å². The Labute approximate surface area is 118 Å². The molecule has 2 amide bonds. The van der Waals surface area contributed by atoms with Crippen LogP contribution in [0.25, 0.3) is 0 Å². The third-order valence-corrected chi connectivity index (χ3v) is 4.05. The normalized spacial score (nSPS) is 22.8. The molecule has 3 rings (SSSR count). The van der Waals surface area contributed by atoms with E-state index in [9.17, 15) is 9.18 Å². The molecule has 1 saturated carbocycles. The highest BCUT2D eigenvalue weighted by atomic mass is 19.1. The molecule has 20 heavy (non-hydrogen) atoms. The van der Waals surface area contributed by atoms with Crippen LogP contribution in [0.15, 0.2) is 24.3 Å². The summed E-state index contributed by atoms with van der Waals surface area (Å²) < 4.78 is 13.4. The molecule has 2 N–H and O–H groups in total. The van der Waals surface area contributed by atoms with Crippen molar-refractivity contribution in [1.29, 1.82) is 0 Å². The van der Waals surface area contributed by atoms with E-state index in [0.29, 0.717) is 12.5 Å². The van der Waals surface area contributed by atoms with E-state index in [2.05, 4.69) is 15.5 Å². The molecule has 0 bridgehead atoms. The van der Waals surface area contributed by atoms with Crippen LogP contribution < -0.4 is 10.6 Å². The molecule has 1 saturated heterocycles. The minimum atomic E-state index is -0.413. The zero-order valence-corrected chi connectivity index (χ0v) is 11.4. The summed E-state index contributed by atoms with van der Waals surface area (Å²) in [6.07, 6.45) is 3.79. The monoisotopic (exact) mass is 277 g/mol. The smallest absolute Gasteiger partial charge is 0.319 e. The van der Waals surface area contributed by atoms with Gasteiger partial charge in [0.15, 0.2) is 0 Å². The predicted octanol–water partition coefficient (Wildman–Crippen LogP) is 2.43. The second kappa shape index (κ2) is 5.79. The zero-order valence-electron chi connectivity index (χ0n) is 11.4. The molecule has 0 aromatic heterocycles. The Morgan fingerprint density at radius 2 is 2.10 bits per heavy atom. The summed E-state index contributed by atoms with van der Waals surface area (Å²) in [6.45, 7) is 2.88. The van der Waals surface area contributed by atoms with Gasteiger partial charge in [-0.25, -0.2) is 9.18 Å². The first-order valence-corrected chi connectivity index (χ1v) is 7.26. The lowest BCUT2D eigenvalue weighted by Crippen LogP contribution is -2.34. The summed E-state index contributed by atoms with van der Waals surface area (Å²) in [5.41, 5.74) is 0.219. The molecule has 1 atom stereocenters. The van der Waals surface area contributed by atoms with E-state index in [4.69, 9.17) is 0 Å². The standard InChI is InChI=1S/C15H20FN3O/c16-13-3-1-2-4-14(13)18-15(20)17-9-11-7-8-19(10-11)12-5-6-12/h1-4,11-12H,5-10H2,(H2,17,18,20)/t11-/m1/s1. The molecule has 1 aliphatic heterocycles. The summed E-state index contributed by atoms with van der Waals surface area (Å²) >= 11 is 0. The summed E-state index contributed by atoms with van der Waals surface area (Å²) in [4.78, 5) is 14.3. The Bertz CT molecular complexity index is 490. The Kier molecular flexibility index (Phi) is 3.87. The van der Waals surface area contributed by atoms with Crippen molar-refractivity contribution in [2.45, 2.75) is 25.3 Å². The maximum Gasteiger partial charge on any atom is 0.319 e. The van der Waals surface area contributed by atoms with Gasteiger partial charge in [0, 0.05) is 19.1 Å². The van der Waals surface area contributed by atoms with Gasteiger partial charge in [-0.2, -0.15) is 0 Å². The minimum Gasteiger partial charge on any atom is -0.338 e. The van der Waals surface area contributed by atoms with Crippen molar-refractivity contribution in [3.63, 3.8) is 0 Å². The van der Waals surface area contributed by atoms with Crippen LogP contribution in [-0.4, -0.2) is 36.6 Å². The van der Waals surface area contributed by atoms with Gasteiger partial charge in [-0.05, 0) is 43.9 Å². The average molecular weight is 277 g/mol. The van der Waals surface area contributed by atoms with Gasteiger partial charge in [-0.15, -0.1) is 0 Å². The number of hydrogen-bond donors (Lipinski definition) is 2. The number of para-hydroxylation sites is 1. The number of hydrogen-bond acceptors (Lipinski definition) is 2. The number of carbonyl (C=O) groups is 1. The summed E-state index contributed by atoms with van der Waals surface area (Å²) in [5, 5.41) is 5.38. The lowest BCUT2D eigenvalue weighted by atomic mass is 10.1. The number of nitrogens with one attached hydrogen (secondary N) is 2. The van der Waals surface area contributed by atoms with E-state index in [0.717, 1.165) is 25.6 Å². The SMILES string of the molecule is O=C(NC[C@H]1CCN(C2CC2)C1)Nc1ccccc1F. The fourth-order valence-corrected chi connectivity index (χ4v) is 2.77. The van der Waals surface area contributed by atoms with Crippen molar-refractivity contribution in [2.24, 2.45) is 5.92 Å². The topological polar surface area (TPSA) is 44.4 Å². The Morgan fingerprint density at radius 3 is 2.85 bits per heavy atom. The van der Waals surface area contributed by atoms with Crippen LogP contribution in [0.2, 0.25) is 0 Å². The largest absolute Gasteiger partial charge is 0.338 e. The summed E-state index contributed by atoms with van der Waals surface area (Å²) in [6, 6.07) is 6.65. The minimum absolute atomic E-state index is 0.219. The highest BCUT2D eigenvalue weighted by Crippen LogP contribution is 2.31. The number of amides is 2. The van der Waals surface area contributed by atoms with Gasteiger partial charge in [-0.1, -0.05) is 12.1 Å². The van der Waals surface area contributed by atoms with E-state index in [1.54, 1.807) is 18.2 Å². The first-order chi connectivity index (χ1) is 9.72. The highest BCUT2D eigenvalue weighted by molar-refractivity contribution is 5.89. The molecule has 0 radical (unpaired) electrons. The maximum absolute atomic E-state index is 13.4. The number of likely N-dealkylation sites (tertiary alicyclic amines) is 1. The molecule has 2 aliphatic rings. The van der Waals surface area contributed by atoms with Gasteiger partial charge in [0.2, 0.25) is 0 Å².